The lowest BCUT2D eigenvalue weighted by atomic mass is 10.1. The number of nitrogens with zero attached hydrogens (tertiary/aromatic N) is 2. The SMILES string of the molecule is CCCC(C(=O)OCC)N(C)Cc1cccc(C)n1. The second-order valence-corrected chi connectivity index (χ2v) is 4.74. The first-order chi connectivity index (χ1) is 9.08. The molecule has 4 nitrogen and oxygen atoms in total. The molecule has 1 heterocycles. The number of pyridine rings is 1. The van der Waals surface area contributed by atoms with Crippen molar-refractivity contribution in [3.8, 4) is 0 Å². The summed E-state index contributed by atoms with van der Waals surface area (Å²) in [5, 5.41) is 0. The highest BCUT2D eigenvalue weighted by molar-refractivity contribution is 5.75. The zero-order chi connectivity index (χ0) is 14.3. The first-order valence-corrected chi connectivity index (χ1v) is 6.87. The Hall–Kier alpha value is -1.42. The standard InChI is InChI=1S/C15H24N2O2/c1-5-8-14(15(18)19-6-2)17(4)11-13-10-7-9-12(3)16-13/h7,9-10,14H,5-6,8,11H2,1-4H3. The van der Waals surface area contributed by atoms with Crippen LogP contribution in [0.15, 0.2) is 18.2 Å². The monoisotopic (exact) mass is 264 g/mol. The van der Waals surface area contributed by atoms with E-state index < -0.39 is 0 Å². The van der Waals surface area contributed by atoms with E-state index in [9.17, 15) is 4.79 Å². The molecule has 4 heteroatoms. The minimum absolute atomic E-state index is 0.139. The van der Waals surface area contributed by atoms with Crippen LogP contribution >= 0.6 is 0 Å². The Bertz CT molecular complexity index is 407. The number of aromatic nitrogens is 1. The first kappa shape index (κ1) is 15.6. The number of hydrogen-bond acceptors (Lipinski definition) is 4. The molecule has 0 N–H and O–H groups in total. The molecule has 1 unspecified atom stereocenters. The number of rotatable bonds is 7. The van der Waals surface area contributed by atoms with E-state index in [4.69, 9.17) is 4.74 Å². The van der Waals surface area contributed by atoms with E-state index in [0.29, 0.717) is 13.2 Å². The minimum atomic E-state index is -0.188. The number of carbonyl (C=O) groups excluding carboxylic acids is 1. The summed E-state index contributed by atoms with van der Waals surface area (Å²) in [5.41, 5.74) is 1.97. The Morgan fingerprint density at radius 2 is 2.16 bits per heavy atom. The van der Waals surface area contributed by atoms with Crippen molar-refractivity contribution in [1.29, 1.82) is 0 Å². The molecule has 0 aliphatic rings. The fourth-order valence-corrected chi connectivity index (χ4v) is 2.08. The van der Waals surface area contributed by atoms with Gasteiger partial charge in [0.05, 0.1) is 12.3 Å². The Labute approximate surface area is 115 Å². The summed E-state index contributed by atoms with van der Waals surface area (Å²) in [6.07, 6.45) is 1.76. The third-order valence-electron chi connectivity index (χ3n) is 3.01. The summed E-state index contributed by atoms with van der Waals surface area (Å²) in [4.78, 5) is 18.4. The van der Waals surface area contributed by atoms with Gasteiger partial charge in [0.2, 0.25) is 0 Å². The number of likely N-dealkylation sites (N-methyl/N-ethyl adjacent to an activating group) is 1. The highest BCUT2D eigenvalue weighted by Gasteiger charge is 2.23. The first-order valence-electron chi connectivity index (χ1n) is 6.87. The van der Waals surface area contributed by atoms with Gasteiger partial charge in [-0.2, -0.15) is 0 Å². The highest BCUT2D eigenvalue weighted by atomic mass is 16.5. The van der Waals surface area contributed by atoms with Crippen molar-refractivity contribution in [3.63, 3.8) is 0 Å². The van der Waals surface area contributed by atoms with Crippen LogP contribution in [0.4, 0.5) is 0 Å². The summed E-state index contributed by atoms with van der Waals surface area (Å²) >= 11 is 0. The molecule has 0 aromatic carbocycles. The van der Waals surface area contributed by atoms with Crippen LogP contribution in [0.3, 0.4) is 0 Å². The van der Waals surface area contributed by atoms with Crippen LogP contribution in [0.2, 0.25) is 0 Å². The Kier molecular flexibility index (Phi) is 6.50. The van der Waals surface area contributed by atoms with Gasteiger partial charge in [0.15, 0.2) is 0 Å². The van der Waals surface area contributed by atoms with Gasteiger partial charge in [-0.05, 0) is 39.4 Å². The van der Waals surface area contributed by atoms with Gasteiger partial charge in [-0.1, -0.05) is 19.4 Å². The van der Waals surface area contributed by atoms with E-state index in [1.807, 2.05) is 44.0 Å². The third-order valence-corrected chi connectivity index (χ3v) is 3.01. The molecule has 1 rings (SSSR count). The second-order valence-electron chi connectivity index (χ2n) is 4.74. The summed E-state index contributed by atoms with van der Waals surface area (Å²) < 4.78 is 5.14. The van der Waals surface area contributed by atoms with Crippen molar-refractivity contribution >= 4 is 5.97 Å². The molecule has 106 valence electrons. The highest BCUT2D eigenvalue weighted by Crippen LogP contribution is 2.11. The zero-order valence-corrected chi connectivity index (χ0v) is 12.3. The molecule has 0 spiro atoms. The van der Waals surface area contributed by atoms with E-state index in [0.717, 1.165) is 24.2 Å². The smallest absolute Gasteiger partial charge is 0.323 e. The summed E-state index contributed by atoms with van der Waals surface area (Å²) in [6.45, 7) is 6.97. The molecule has 1 atom stereocenters. The lowest BCUT2D eigenvalue weighted by Gasteiger charge is -2.25. The fraction of sp³-hybridized carbons (Fsp3) is 0.600. The molecule has 0 bridgehead atoms. The van der Waals surface area contributed by atoms with Gasteiger partial charge < -0.3 is 4.74 Å². The van der Waals surface area contributed by atoms with Crippen molar-refractivity contribution in [2.45, 2.75) is 46.2 Å². The molecule has 0 fully saturated rings. The van der Waals surface area contributed by atoms with Gasteiger partial charge >= 0.3 is 5.97 Å². The molecule has 0 saturated heterocycles. The minimum Gasteiger partial charge on any atom is -0.465 e. The molecule has 1 aromatic rings. The maximum atomic E-state index is 11.9. The van der Waals surface area contributed by atoms with Gasteiger partial charge in [-0.15, -0.1) is 0 Å². The summed E-state index contributed by atoms with van der Waals surface area (Å²) in [7, 11) is 1.95. The quantitative estimate of drug-likeness (QED) is 0.710. The van der Waals surface area contributed by atoms with Crippen LogP contribution in [0.5, 0.6) is 0 Å². The lowest BCUT2D eigenvalue weighted by Crippen LogP contribution is -2.39. The predicted molar refractivity (Wildman–Crippen MR) is 75.8 cm³/mol. The Morgan fingerprint density at radius 3 is 2.74 bits per heavy atom. The van der Waals surface area contributed by atoms with Crippen molar-refractivity contribution in [1.82, 2.24) is 9.88 Å². The molecule has 0 aliphatic heterocycles. The van der Waals surface area contributed by atoms with Crippen molar-refractivity contribution < 1.29 is 9.53 Å². The van der Waals surface area contributed by atoms with Gasteiger partial charge in [0.1, 0.15) is 6.04 Å². The maximum absolute atomic E-state index is 11.9. The fourth-order valence-electron chi connectivity index (χ4n) is 2.08. The Morgan fingerprint density at radius 1 is 1.42 bits per heavy atom. The molecule has 19 heavy (non-hydrogen) atoms. The number of ether oxygens (including phenoxy) is 1. The average Bonchev–Trinajstić information content (AvgIpc) is 2.36. The molecule has 0 aliphatic carbocycles. The van der Waals surface area contributed by atoms with Crippen molar-refractivity contribution in [3.05, 3.63) is 29.6 Å². The van der Waals surface area contributed by atoms with Gasteiger partial charge in [0.25, 0.3) is 0 Å². The molecular weight excluding hydrogens is 240 g/mol. The van der Waals surface area contributed by atoms with E-state index in [2.05, 4.69) is 11.9 Å². The van der Waals surface area contributed by atoms with E-state index in [1.54, 1.807) is 0 Å². The molecule has 1 aromatic heterocycles. The van der Waals surface area contributed by atoms with Crippen molar-refractivity contribution in [2.24, 2.45) is 0 Å². The van der Waals surface area contributed by atoms with E-state index >= 15 is 0 Å². The van der Waals surface area contributed by atoms with Crippen molar-refractivity contribution in [2.75, 3.05) is 13.7 Å². The second kappa shape index (κ2) is 7.89. The number of hydrogen-bond donors (Lipinski definition) is 0. The van der Waals surface area contributed by atoms with Gasteiger partial charge in [0, 0.05) is 12.2 Å². The Balaban J connectivity index is 2.71. The molecule has 0 amide bonds. The third kappa shape index (κ3) is 4.99. The van der Waals surface area contributed by atoms with Gasteiger partial charge in [-0.25, -0.2) is 0 Å². The van der Waals surface area contributed by atoms with Crippen LogP contribution < -0.4 is 0 Å². The van der Waals surface area contributed by atoms with Gasteiger partial charge in [-0.3, -0.25) is 14.7 Å². The molecule has 0 saturated carbocycles. The van der Waals surface area contributed by atoms with E-state index in [1.165, 1.54) is 0 Å². The van der Waals surface area contributed by atoms with Crippen LogP contribution in [-0.2, 0) is 16.1 Å². The largest absolute Gasteiger partial charge is 0.465 e. The number of esters is 1. The lowest BCUT2D eigenvalue weighted by molar-refractivity contribution is -0.149. The topological polar surface area (TPSA) is 42.4 Å². The zero-order valence-electron chi connectivity index (χ0n) is 12.3. The maximum Gasteiger partial charge on any atom is 0.323 e. The number of carbonyl (C=O) groups is 1. The predicted octanol–water partition coefficient (Wildman–Crippen LogP) is 2.55. The summed E-state index contributed by atoms with van der Waals surface area (Å²) in [6, 6.07) is 5.76. The van der Waals surface area contributed by atoms with Crippen LogP contribution in [-0.4, -0.2) is 35.5 Å². The summed E-state index contributed by atoms with van der Waals surface area (Å²) in [5.74, 6) is -0.139. The van der Waals surface area contributed by atoms with Crippen LogP contribution in [0, 0.1) is 6.92 Å². The molecule has 0 radical (unpaired) electrons. The van der Waals surface area contributed by atoms with Crippen LogP contribution in [0.1, 0.15) is 38.1 Å². The molecular formula is C15H24N2O2. The number of aryl methyl sites for hydroxylation is 1. The van der Waals surface area contributed by atoms with E-state index in [-0.39, 0.29) is 12.0 Å². The van der Waals surface area contributed by atoms with Crippen LogP contribution in [0.25, 0.3) is 0 Å². The average molecular weight is 264 g/mol. The normalized spacial score (nSPS) is 12.5.